The summed E-state index contributed by atoms with van der Waals surface area (Å²) in [5.74, 6) is -0.176. The van der Waals surface area contributed by atoms with Crippen molar-refractivity contribution in [3.63, 3.8) is 0 Å². The van der Waals surface area contributed by atoms with Crippen LogP contribution in [0.1, 0.15) is 63.0 Å². The highest BCUT2D eigenvalue weighted by Gasteiger charge is 2.20. The van der Waals surface area contributed by atoms with Gasteiger partial charge in [0, 0.05) is 15.6 Å². The van der Waals surface area contributed by atoms with Crippen molar-refractivity contribution < 1.29 is 14.3 Å². The predicted octanol–water partition coefficient (Wildman–Crippen LogP) is 4.88. The lowest BCUT2D eigenvalue weighted by Gasteiger charge is -2.23. The number of carbonyl (C=O) groups excluding carboxylic acids is 2. The van der Waals surface area contributed by atoms with Crippen LogP contribution in [0.5, 0.6) is 5.75 Å². The smallest absolute Gasteiger partial charge is 0.276 e. The zero-order valence-corrected chi connectivity index (χ0v) is 19.4. The molecule has 0 bridgehead atoms. The van der Waals surface area contributed by atoms with Crippen LogP contribution in [-0.2, 0) is 15.6 Å². The Kier molecular flexibility index (Phi) is 7.11. The van der Waals surface area contributed by atoms with E-state index >= 15 is 0 Å². The third-order valence-corrected chi connectivity index (χ3v) is 4.93. The molecule has 0 aliphatic carbocycles. The summed E-state index contributed by atoms with van der Waals surface area (Å²) < 4.78 is 6.64. The molecule has 2 N–H and O–H groups in total. The Hall–Kier alpha value is -2.34. The summed E-state index contributed by atoms with van der Waals surface area (Å²) in [5.41, 5.74) is 7.29. The van der Waals surface area contributed by atoms with Crippen LogP contribution in [0.3, 0.4) is 0 Å². The molecule has 0 unspecified atom stereocenters. The first kappa shape index (κ1) is 22.9. The molecule has 0 saturated heterocycles. The highest BCUT2D eigenvalue weighted by atomic mass is 79.9. The van der Waals surface area contributed by atoms with Gasteiger partial charge in [-0.05, 0) is 46.7 Å². The molecule has 0 saturated carbocycles. The van der Waals surface area contributed by atoms with Crippen molar-refractivity contribution in [2.45, 2.75) is 52.4 Å². The Balaban J connectivity index is 1.92. The quantitative estimate of drug-likeness (QED) is 0.638. The van der Waals surface area contributed by atoms with E-state index in [1.165, 1.54) is 0 Å². The standard InChI is InChI=1S/C23H29BrN2O3/c1-22(2,3)16-9-7-15(8-10-16)21(28)26-25-20(27)14-29-19-12-11-17(24)13-18(19)23(4,5)6/h7-13H,14H2,1-6H3,(H,25,27)(H,26,28). The number of hydrogen-bond donors (Lipinski definition) is 2. The first-order valence-electron chi connectivity index (χ1n) is 9.50. The molecule has 0 aliphatic heterocycles. The molecule has 2 aromatic rings. The van der Waals surface area contributed by atoms with Crippen LogP contribution < -0.4 is 15.6 Å². The van der Waals surface area contributed by atoms with Gasteiger partial charge in [0.15, 0.2) is 6.61 Å². The molecule has 5 nitrogen and oxygen atoms in total. The maximum atomic E-state index is 12.2. The normalized spacial score (nSPS) is 11.7. The third-order valence-electron chi connectivity index (χ3n) is 4.44. The minimum absolute atomic E-state index is 0.0134. The summed E-state index contributed by atoms with van der Waals surface area (Å²) in [6, 6.07) is 13.0. The van der Waals surface area contributed by atoms with Crippen molar-refractivity contribution in [1.29, 1.82) is 0 Å². The van der Waals surface area contributed by atoms with Gasteiger partial charge in [0.05, 0.1) is 0 Å². The summed E-state index contributed by atoms with van der Waals surface area (Å²) in [7, 11) is 0. The second-order valence-electron chi connectivity index (χ2n) is 9.01. The van der Waals surface area contributed by atoms with Gasteiger partial charge in [-0.15, -0.1) is 0 Å². The van der Waals surface area contributed by atoms with Crippen LogP contribution in [0, 0.1) is 0 Å². The van der Waals surface area contributed by atoms with Crippen molar-refractivity contribution in [3.05, 3.63) is 63.6 Å². The fourth-order valence-corrected chi connectivity index (χ4v) is 3.07. The average molecular weight is 461 g/mol. The van der Waals surface area contributed by atoms with Crippen LogP contribution in [0.2, 0.25) is 0 Å². The van der Waals surface area contributed by atoms with Crippen molar-refractivity contribution in [3.8, 4) is 5.75 Å². The van der Waals surface area contributed by atoms with Crippen molar-refractivity contribution in [2.24, 2.45) is 0 Å². The Morgan fingerprint density at radius 2 is 1.52 bits per heavy atom. The van der Waals surface area contributed by atoms with E-state index in [2.05, 4.69) is 68.3 Å². The Morgan fingerprint density at radius 1 is 0.897 bits per heavy atom. The SMILES string of the molecule is CC(C)(C)c1ccc(C(=O)NNC(=O)COc2ccc(Br)cc2C(C)(C)C)cc1. The van der Waals surface area contributed by atoms with E-state index in [0.29, 0.717) is 11.3 Å². The lowest BCUT2D eigenvalue weighted by molar-refractivity contribution is -0.123. The van der Waals surface area contributed by atoms with Gasteiger partial charge in [-0.2, -0.15) is 0 Å². The lowest BCUT2D eigenvalue weighted by atomic mass is 9.86. The van der Waals surface area contributed by atoms with E-state index in [0.717, 1.165) is 15.6 Å². The molecule has 0 radical (unpaired) electrons. The molecular formula is C23H29BrN2O3. The largest absolute Gasteiger partial charge is 0.483 e. The van der Waals surface area contributed by atoms with Gasteiger partial charge in [-0.1, -0.05) is 69.6 Å². The first-order chi connectivity index (χ1) is 13.4. The maximum absolute atomic E-state index is 12.2. The van der Waals surface area contributed by atoms with Crippen LogP contribution in [0.15, 0.2) is 46.9 Å². The second kappa shape index (κ2) is 8.99. The fourth-order valence-electron chi connectivity index (χ4n) is 2.71. The molecule has 2 rings (SSSR count). The number of halogens is 1. The molecule has 6 heteroatoms. The van der Waals surface area contributed by atoms with Crippen LogP contribution in [-0.4, -0.2) is 18.4 Å². The highest BCUT2D eigenvalue weighted by molar-refractivity contribution is 9.10. The fraction of sp³-hybridized carbons (Fsp3) is 0.391. The molecule has 0 spiro atoms. The zero-order valence-electron chi connectivity index (χ0n) is 17.9. The number of rotatable bonds is 4. The molecule has 156 valence electrons. The third kappa shape index (κ3) is 6.60. The van der Waals surface area contributed by atoms with Crippen LogP contribution >= 0.6 is 15.9 Å². The number of ether oxygens (including phenoxy) is 1. The van der Waals surface area contributed by atoms with Gasteiger partial charge >= 0.3 is 0 Å². The van der Waals surface area contributed by atoms with E-state index in [-0.39, 0.29) is 23.3 Å². The predicted molar refractivity (Wildman–Crippen MR) is 119 cm³/mol. The van der Waals surface area contributed by atoms with E-state index < -0.39 is 5.91 Å². The number of hydrogen-bond acceptors (Lipinski definition) is 3. The molecule has 0 atom stereocenters. The second-order valence-corrected chi connectivity index (χ2v) is 9.92. The molecule has 29 heavy (non-hydrogen) atoms. The molecule has 0 heterocycles. The summed E-state index contributed by atoms with van der Waals surface area (Å²) in [5, 5.41) is 0. The average Bonchev–Trinajstić information content (AvgIpc) is 2.63. The van der Waals surface area contributed by atoms with Gasteiger partial charge in [-0.3, -0.25) is 20.4 Å². The number of amides is 2. The van der Waals surface area contributed by atoms with Gasteiger partial charge in [-0.25, -0.2) is 0 Å². The Labute approximate surface area is 181 Å². The van der Waals surface area contributed by atoms with E-state index in [9.17, 15) is 9.59 Å². The van der Waals surface area contributed by atoms with E-state index in [1.807, 2.05) is 30.3 Å². The first-order valence-corrected chi connectivity index (χ1v) is 10.3. The summed E-state index contributed by atoms with van der Waals surface area (Å²) >= 11 is 3.46. The summed E-state index contributed by atoms with van der Waals surface area (Å²) in [6.45, 7) is 12.4. The Morgan fingerprint density at radius 3 is 2.07 bits per heavy atom. The van der Waals surface area contributed by atoms with Gasteiger partial charge in [0.2, 0.25) is 0 Å². The van der Waals surface area contributed by atoms with Crippen molar-refractivity contribution >= 4 is 27.7 Å². The van der Waals surface area contributed by atoms with Crippen LogP contribution in [0.25, 0.3) is 0 Å². The zero-order chi connectivity index (χ0) is 21.8. The number of benzene rings is 2. The summed E-state index contributed by atoms with van der Waals surface area (Å²) in [4.78, 5) is 24.3. The number of nitrogens with one attached hydrogen (secondary N) is 2. The minimum atomic E-state index is -0.438. The molecule has 2 amide bonds. The maximum Gasteiger partial charge on any atom is 0.276 e. The summed E-state index contributed by atoms with van der Waals surface area (Å²) in [6.07, 6.45) is 0. The van der Waals surface area contributed by atoms with Gasteiger partial charge in [0.25, 0.3) is 11.8 Å². The van der Waals surface area contributed by atoms with Crippen molar-refractivity contribution in [1.82, 2.24) is 10.9 Å². The molecule has 0 aliphatic rings. The highest BCUT2D eigenvalue weighted by Crippen LogP contribution is 2.33. The Bertz CT molecular complexity index is 878. The monoisotopic (exact) mass is 460 g/mol. The van der Waals surface area contributed by atoms with Gasteiger partial charge in [0.1, 0.15) is 5.75 Å². The number of carbonyl (C=O) groups is 2. The van der Waals surface area contributed by atoms with Crippen molar-refractivity contribution in [2.75, 3.05) is 6.61 Å². The minimum Gasteiger partial charge on any atom is -0.483 e. The number of hydrazine groups is 1. The van der Waals surface area contributed by atoms with Gasteiger partial charge < -0.3 is 4.74 Å². The molecule has 2 aromatic carbocycles. The molecule has 0 fully saturated rings. The molecular weight excluding hydrogens is 432 g/mol. The lowest BCUT2D eigenvalue weighted by Crippen LogP contribution is -2.43. The topological polar surface area (TPSA) is 67.4 Å². The van der Waals surface area contributed by atoms with Crippen LogP contribution in [0.4, 0.5) is 0 Å². The molecule has 0 aromatic heterocycles. The van der Waals surface area contributed by atoms with E-state index in [4.69, 9.17) is 4.74 Å². The van der Waals surface area contributed by atoms with E-state index in [1.54, 1.807) is 12.1 Å².